The molecule has 108 valence electrons. The van der Waals surface area contributed by atoms with Crippen molar-refractivity contribution >= 4 is 12.4 Å². The summed E-state index contributed by atoms with van der Waals surface area (Å²) in [5.74, 6) is 0. The van der Waals surface area contributed by atoms with Crippen LogP contribution in [0.5, 0.6) is 0 Å². The van der Waals surface area contributed by atoms with Crippen molar-refractivity contribution in [2.75, 3.05) is 0 Å². The molecular formula is C15H20N2O3. The molecule has 1 amide bonds. The minimum Gasteiger partial charge on any atom is -0.444 e. The zero-order valence-corrected chi connectivity index (χ0v) is 12.6. The van der Waals surface area contributed by atoms with Crippen molar-refractivity contribution in [1.29, 1.82) is 0 Å². The summed E-state index contributed by atoms with van der Waals surface area (Å²) in [5.41, 5.74) is 3.63. The van der Waals surface area contributed by atoms with E-state index in [1.54, 1.807) is 4.90 Å². The third-order valence-electron chi connectivity index (χ3n) is 3.42. The summed E-state index contributed by atoms with van der Waals surface area (Å²) in [7, 11) is 0. The lowest BCUT2D eigenvalue weighted by atomic mass is 10.0. The van der Waals surface area contributed by atoms with Crippen LogP contribution in [0.3, 0.4) is 0 Å². The van der Waals surface area contributed by atoms with E-state index < -0.39 is 5.60 Å². The summed E-state index contributed by atoms with van der Waals surface area (Å²) >= 11 is 0. The van der Waals surface area contributed by atoms with Gasteiger partial charge in [0.15, 0.2) is 6.29 Å². The van der Waals surface area contributed by atoms with Gasteiger partial charge in [-0.2, -0.15) is 0 Å². The van der Waals surface area contributed by atoms with Crippen LogP contribution in [-0.4, -0.2) is 27.9 Å². The number of aldehydes is 1. The number of aryl methyl sites for hydroxylation is 1. The Bertz CT molecular complexity index is 573. The second kappa shape index (κ2) is 4.89. The molecule has 1 aromatic rings. The Morgan fingerprint density at radius 2 is 1.85 bits per heavy atom. The summed E-state index contributed by atoms with van der Waals surface area (Å²) < 4.78 is 5.37. The predicted molar refractivity (Wildman–Crippen MR) is 74.6 cm³/mol. The van der Waals surface area contributed by atoms with Gasteiger partial charge in [-0.15, -0.1) is 0 Å². The molecular weight excluding hydrogens is 256 g/mol. The molecule has 0 aromatic carbocycles. The van der Waals surface area contributed by atoms with Crippen molar-refractivity contribution in [1.82, 2.24) is 9.88 Å². The SMILES string of the molecule is Cc1nc(C=O)c2c(c1C)CN(C(=O)OC(C)(C)C)C2. The van der Waals surface area contributed by atoms with Crippen molar-refractivity contribution in [3.63, 3.8) is 0 Å². The first-order chi connectivity index (χ1) is 9.23. The van der Waals surface area contributed by atoms with Crippen LogP contribution in [0.1, 0.15) is 53.6 Å². The molecule has 2 rings (SSSR count). The lowest BCUT2D eigenvalue weighted by Crippen LogP contribution is -2.33. The first-order valence-corrected chi connectivity index (χ1v) is 6.65. The van der Waals surface area contributed by atoms with Crippen LogP contribution in [0.4, 0.5) is 4.79 Å². The molecule has 0 spiro atoms. The van der Waals surface area contributed by atoms with Crippen LogP contribution in [0.2, 0.25) is 0 Å². The maximum atomic E-state index is 12.1. The zero-order valence-electron chi connectivity index (χ0n) is 12.6. The fourth-order valence-corrected chi connectivity index (χ4v) is 2.31. The van der Waals surface area contributed by atoms with Gasteiger partial charge in [-0.05, 0) is 45.7 Å². The van der Waals surface area contributed by atoms with Gasteiger partial charge in [-0.25, -0.2) is 9.78 Å². The Morgan fingerprint density at radius 1 is 1.25 bits per heavy atom. The van der Waals surface area contributed by atoms with Crippen LogP contribution in [0.25, 0.3) is 0 Å². The molecule has 5 heteroatoms. The highest BCUT2D eigenvalue weighted by Crippen LogP contribution is 2.29. The third kappa shape index (κ3) is 2.66. The normalized spacial score (nSPS) is 14.2. The van der Waals surface area contributed by atoms with Crippen molar-refractivity contribution < 1.29 is 14.3 Å². The molecule has 0 bridgehead atoms. The van der Waals surface area contributed by atoms with Gasteiger partial charge < -0.3 is 4.74 Å². The lowest BCUT2D eigenvalue weighted by molar-refractivity contribution is 0.0241. The highest BCUT2D eigenvalue weighted by atomic mass is 16.6. The molecule has 2 heterocycles. The third-order valence-corrected chi connectivity index (χ3v) is 3.42. The maximum absolute atomic E-state index is 12.1. The Labute approximate surface area is 118 Å². The first kappa shape index (κ1) is 14.5. The molecule has 0 saturated heterocycles. The molecule has 5 nitrogen and oxygen atoms in total. The number of pyridine rings is 1. The minimum atomic E-state index is -0.525. The number of aromatic nitrogens is 1. The van der Waals surface area contributed by atoms with E-state index in [4.69, 9.17) is 4.74 Å². The molecule has 20 heavy (non-hydrogen) atoms. The van der Waals surface area contributed by atoms with Crippen LogP contribution in [-0.2, 0) is 17.8 Å². The van der Waals surface area contributed by atoms with Gasteiger partial charge in [0.05, 0.1) is 13.1 Å². The van der Waals surface area contributed by atoms with Gasteiger partial charge in [0.25, 0.3) is 0 Å². The largest absolute Gasteiger partial charge is 0.444 e. The molecule has 0 N–H and O–H groups in total. The number of hydrogen-bond donors (Lipinski definition) is 0. The van der Waals surface area contributed by atoms with Gasteiger partial charge in [-0.1, -0.05) is 0 Å². The molecule has 1 aliphatic rings. The van der Waals surface area contributed by atoms with Crippen molar-refractivity contribution in [2.24, 2.45) is 0 Å². The molecule has 0 atom stereocenters. The van der Waals surface area contributed by atoms with E-state index in [-0.39, 0.29) is 6.09 Å². The Kier molecular flexibility index (Phi) is 3.54. The number of ether oxygens (including phenoxy) is 1. The predicted octanol–water partition coefficient (Wildman–Crippen LogP) is 2.76. The van der Waals surface area contributed by atoms with Crippen LogP contribution in [0, 0.1) is 13.8 Å². The van der Waals surface area contributed by atoms with Crippen molar-refractivity contribution in [3.05, 3.63) is 28.1 Å². The summed E-state index contributed by atoms with van der Waals surface area (Å²) in [6.45, 7) is 10.2. The maximum Gasteiger partial charge on any atom is 0.410 e. The summed E-state index contributed by atoms with van der Waals surface area (Å²) in [5, 5.41) is 0. The molecule has 0 radical (unpaired) electrons. The van der Waals surface area contributed by atoms with E-state index in [2.05, 4.69) is 4.98 Å². The minimum absolute atomic E-state index is 0.359. The summed E-state index contributed by atoms with van der Waals surface area (Å²) in [6.07, 6.45) is 0.395. The van der Waals surface area contributed by atoms with Crippen molar-refractivity contribution in [2.45, 2.75) is 53.3 Å². The van der Waals surface area contributed by atoms with E-state index >= 15 is 0 Å². The standard InChI is InChI=1S/C15H20N2O3/c1-9-10(2)16-13(8-18)12-7-17(6-11(9)12)14(19)20-15(3,4)5/h8H,6-7H2,1-5H3. The number of hydrogen-bond acceptors (Lipinski definition) is 4. The second-order valence-electron chi connectivity index (χ2n) is 6.12. The van der Waals surface area contributed by atoms with Gasteiger partial charge in [0, 0.05) is 11.3 Å². The number of carbonyl (C=O) groups is 2. The van der Waals surface area contributed by atoms with E-state index in [0.29, 0.717) is 18.8 Å². The number of nitrogens with zero attached hydrogens (tertiary/aromatic N) is 2. The van der Waals surface area contributed by atoms with E-state index in [9.17, 15) is 9.59 Å². The number of fused-ring (bicyclic) bond motifs is 1. The van der Waals surface area contributed by atoms with Gasteiger partial charge in [-0.3, -0.25) is 9.69 Å². The average molecular weight is 276 g/mol. The lowest BCUT2D eigenvalue weighted by Gasteiger charge is -2.24. The molecule has 1 aliphatic heterocycles. The topological polar surface area (TPSA) is 59.5 Å². The molecule has 1 aromatic heterocycles. The zero-order chi connectivity index (χ0) is 15.1. The van der Waals surface area contributed by atoms with Crippen LogP contribution < -0.4 is 0 Å². The number of carbonyl (C=O) groups excluding carboxylic acids is 2. The van der Waals surface area contributed by atoms with E-state index in [1.807, 2.05) is 34.6 Å². The highest BCUT2D eigenvalue weighted by molar-refractivity contribution is 5.77. The Morgan fingerprint density at radius 3 is 2.40 bits per heavy atom. The Hall–Kier alpha value is -1.91. The van der Waals surface area contributed by atoms with Crippen LogP contribution >= 0.6 is 0 Å². The van der Waals surface area contributed by atoms with Gasteiger partial charge >= 0.3 is 6.09 Å². The molecule has 0 saturated carbocycles. The van der Waals surface area contributed by atoms with Crippen LogP contribution in [0.15, 0.2) is 0 Å². The first-order valence-electron chi connectivity index (χ1n) is 6.65. The van der Waals surface area contributed by atoms with Crippen molar-refractivity contribution in [3.8, 4) is 0 Å². The van der Waals surface area contributed by atoms with E-state index in [0.717, 1.165) is 28.7 Å². The summed E-state index contributed by atoms with van der Waals surface area (Å²) in [6, 6.07) is 0. The second-order valence-corrected chi connectivity index (χ2v) is 6.12. The van der Waals surface area contributed by atoms with Gasteiger partial charge in [0.1, 0.15) is 11.3 Å². The number of amides is 1. The Balaban J connectivity index is 2.29. The molecule has 0 unspecified atom stereocenters. The highest BCUT2D eigenvalue weighted by Gasteiger charge is 2.31. The molecule has 0 aliphatic carbocycles. The fraction of sp³-hybridized carbons (Fsp3) is 0.533. The monoisotopic (exact) mass is 276 g/mol. The average Bonchev–Trinajstić information content (AvgIpc) is 2.77. The number of rotatable bonds is 1. The summed E-state index contributed by atoms with van der Waals surface area (Å²) in [4.78, 5) is 29.2. The fourth-order valence-electron chi connectivity index (χ4n) is 2.31. The molecule has 0 fully saturated rings. The quantitative estimate of drug-likeness (QED) is 0.740. The van der Waals surface area contributed by atoms with E-state index in [1.165, 1.54) is 0 Å². The van der Waals surface area contributed by atoms with Gasteiger partial charge in [0.2, 0.25) is 0 Å². The smallest absolute Gasteiger partial charge is 0.410 e.